The minimum Gasteiger partial charge on any atom is -0.322 e. The maximum atomic E-state index is 12.5. The number of fused-ring (bicyclic) bond motifs is 1. The van der Waals surface area contributed by atoms with E-state index >= 15 is 0 Å². The fourth-order valence-corrected chi connectivity index (χ4v) is 4.82. The molecule has 4 aromatic rings. The highest BCUT2D eigenvalue weighted by Gasteiger charge is 2.18. The first-order valence-electron chi connectivity index (χ1n) is 10.4. The highest BCUT2D eigenvalue weighted by molar-refractivity contribution is 7.80. The van der Waals surface area contributed by atoms with Crippen molar-refractivity contribution in [3.05, 3.63) is 99.4 Å². The molecule has 0 aliphatic heterocycles. The van der Waals surface area contributed by atoms with Gasteiger partial charge >= 0.3 is 0 Å². The number of amides is 3. The number of hydrogen-bond donors (Lipinski definition) is 4. The number of anilines is 1. The highest BCUT2D eigenvalue weighted by Crippen LogP contribution is 2.34. The Morgan fingerprint density at radius 1 is 0.829 bits per heavy atom. The quantitative estimate of drug-likeness (QED) is 0.222. The van der Waals surface area contributed by atoms with Gasteiger partial charge in [0.2, 0.25) is 0 Å². The fraction of sp³-hybridized carbons (Fsp3) is 0.0400. The van der Waals surface area contributed by atoms with Gasteiger partial charge in [-0.2, -0.15) is 0 Å². The number of nitrogens with one attached hydrogen (secondary N) is 4. The van der Waals surface area contributed by atoms with Crippen LogP contribution >= 0.6 is 35.2 Å². The van der Waals surface area contributed by atoms with Crippen molar-refractivity contribution in [2.24, 2.45) is 0 Å². The van der Waals surface area contributed by atoms with Gasteiger partial charge in [0.15, 0.2) is 5.11 Å². The topological polar surface area (TPSA) is 99.3 Å². The highest BCUT2D eigenvalue weighted by atomic mass is 35.5. The van der Waals surface area contributed by atoms with Crippen molar-refractivity contribution < 1.29 is 14.4 Å². The van der Waals surface area contributed by atoms with Crippen LogP contribution < -0.4 is 21.5 Å². The molecular formula is C25H19ClN4O3S2. The van der Waals surface area contributed by atoms with Gasteiger partial charge < -0.3 is 5.32 Å². The summed E-state index contributed by atoms with van der Waals surface area (Å²) in [7, 11) is 0. The Morgan fingerprint density at radius 2 is 1.51 bits per heavy atom. The maximum Gasteiger partial charge on any atom is 0.269 e. The molecule has 0 unspecified atom stereocenters. The summed E-state index contributed by atoms with van der Waals surface area (Å²) < 4.78 is 0.883. The van der Waals surface area contributed by atoms with Crippen LogP contribution in [0.25, 0.3) is 10.1 Å². The lowest BCUT2D eigenvalue weighted by Crippen LogP contribution is -2.48. The van der Waals surface area contributed by atoms with Crippen LogP contribution in [0.1, 0.15) is 36.0 Å². The van der Waals surface area contributed by atoms with Crippen LogP contribution in [0.4, 0.5) is 5.69 Å². The monoisotopic (exact) mass is 522 g/mol. The number of carbonyl (C=O) groups excluding carboxylic acids is 3. The Bertz CT molecular complexity index is 1450. The maximum absolute atomic E-state index is 12.5. The minimum absolute atomic E-state index is 0.0843. The molecule has 0 saturated carbocycles. The Kier molecular flexibility index (Phi) is 7.40. The minimum atomic E-state index is -0.475. The van der Waals surface area contributed by atoms with Crippen molar-refractivity contribution >= 4 is 73.8 Å². The average molecular weight is 523 g/mol. The van der Waals surface area contributed by atoms with Crippen LogP contribution in [0.15, 0.2) is 72.8 Å². The van der Waals surface area contributed by atoms with Crippen LogP contribution in [-0.2, 0) is 0 Å². The summed E-state index contributed by atoms with van der Waals surface area (Å²) in [5.74, 6) is -1.18. The number of benzene rings is 3. The Balaban J connectivity index is 1.30. The van der Waals surface area contributed by atoms with E-state index in [-0.39, 0.29) is 11.0 Å². The van der Waals surface area contributed by atoms with E-state index in [1.54, 1.807) is 36.4 Å². The van der Waals surface area contributed by atoms with Crippen LogP contribution in [0.2, 0.25) is 5.02 Å². The lowest BCUT2D eigenvalue weighted by atomic mass is 10.1. The molecule has 3 amide bonds. The number of hydrogen-bond acceptors (Lipinski definition) is 5. The standard InChI is InChI=1S/C25H19ClN4O3S2/c1-14-6-2-3-7-17(14)23(32)27-16-12-10-15(11-13-16)22(31)29-30-25(34)28-24(33)21-20(26)18-8-4-5-9-19(18)35-21/h2-13H,1H3,(H,27,32)(H,29,31)(H2,28,30,33,34). The summed E-state index contributed by atoms with van der Waals surface area (Å²) in [6.45, 7) is 1.86. The zero-order valence-electron chi connectivity index (χ0n) is 18.3. The largest absolute Gasteiger partial charge is 0.322 e. The summed E-state index contributed by atoms with van der Waals surface area (Å²) in [6.07, 6.45) is 0. The van der Waals surface area contributed by atoms with Crippen molar-refractivity contribution in [3.8, 4) is 0 Å². The zero-order chi connectivity index (χ0) is 24.9. The molecule has 0 atom stereocenters. The first kappa shape index (κ1) is 24.3. The number of rotatable bonds is 4. The Labute approximate surface area is 215 Å². The molecule has 0 fully saturated rings. The molecule has 10 heteroatoms. The number of thiophene rings is 1. The van der Waals surface area contributed by atoms with Gasteiger partial charge in [-0.05, 0) is 61.1 Å². The molecule has 176 valence electrons. The first-order valence-corrected chi connectivity index (χ1v) is 12.0. The molecule has 7 nitrogen and oxygen atoms in total. The molecule has 35 heavy (non-hydrogen) atoms. The molecule has 3 aromatic carbocycles. The van der Waals surface area contributed by atoms with Crippen molar-refractivity contribution in [2.45, 2.75) is 6.92 Å². The summed E-state index contributed by atoms with van der Waals surface area (Å²) in [5, 5.41) is 6.36. The molecule has 0 aliphatic carbocycles. The van der Waals surface area contributed by atoms with Crippen molar-refractivity contribution in [1.29, 1.82) is 0 Å². The van der Waals surface area contributed by atoms with E-state index < -0.39 is 11.8 Å². The van der Waals surface area contributed by atoms with E-state index in [0.717, 1.165) is 15.6 Å². The van der Waals surface area contributed by atoms with Crippen molar-refractivity contribution in [2.75, 3.05) is 5.32 Å². The van der Waals surface area contributed by atoms with E-state index in [9.17, 15) is 14.4 Å². The number of hydrazine groups is 1. The Morgan fingerprint density at radius 3 is 2.23 bits per heavy atom. The third-order valence-electron chi connectivity index (χ3n) is 5.05. The third kappa shape index (κ3) is 5.65. The van der Waals surface area contributed by atoms with Crippen LogP contribution in [0, 0.1) is 6.92 Å². The van der Waals surface area contributed by atoms with Gasteiger partial charge in [0.1, 0.15) is 4.88 Å². The van der Waals surface area contributed by atoms with E-state index in [4.69, 9.17) is 23.8 Å². The summed E-state index contributed by atoms with van der Waals surface area (Å²) in [6, 6.07) is 21.0. The lowest BCUT2D eigenvalue weighted by Gasteiger charge is -2.11. The number of thiocarbonyl (C=S) groups is 1. The van der Waals surface area contributed by atoms with E-state index in [1.165, 1.54) is 11.3 Å². The van der Waals surface area contributed by atoms with E-state index in [2.05, 4.69) is 21.5 Å². The molecule has 1 aromatic heterocycles. The lowest BCUT2D eigenvalue weighted by molar-refractivity contribution is 0.0935. The van der Waals surface area contributed by atoms with Crippen LogP contribution in [0.3, 0.4) is 0 Å². The first-order chi connectivity index (χ1) is 16.8. The molecule has 0 saturated heterocycles. The van der Waals surface area contributed by atoms with Crippen molar-refractivity contribution in [3.63, 3.8) is 0 Å². The number of aryl methyl sites for hydroxylation is 1. The fourth-order valence-electron chi connectivity index (χ4n) is 3.27. The van der Waals surface area contributed by atoms with Gasteiger partial charge in [-0.25, -0.2) is 0 Å². The van der Waals surface area contributed by atoms with Crippen molar-refractivity contribution in [1.82, 2.24) is 16.2 Å². The molecular weight excluding hydrogens is 504 g/mol. The van der Waals surface area contributed by atoms with Gasteiger partial charge in [0, 0.05) is 26.9 Å². The van der Waals surface area contributed by atoms with Crippen LogP contribution in [0.5, 0.6) is 0 Å². The molecule has 0 aliphatic rings. The van der Waals surface area contributed by atoms with E-state index in [1.807, 2.05) is 43.3 Å². The van der Waals surface area contributed by atoms with Gasteiger partial charge in [-0.3, -0.25) is 30.6 Å². The zero-order valence-corrected chi connectivity index (χ0v) is 20.7. The summed E-state index contributed by atoms with van der Waals surface area (Å²) in [4.78, 5) is 37.7. The van der Waals surface area contributed by atoms with Crippen LogP contribution in [-0.4, -0.2) is 22.8 Å². The van der Waals surface area contributed by atoms with E-state index in [0.29, 0.717) is 26.7 Å². The average Bonchev–Trinajstić information content (AvgIpc) is 3.20. The predicted molar refractivity (Wildman–Crippen MR) is 143 cm³/mol. The van der Waals surface area contributed by atoms with Gasteiger partial charge in [-0.15, -0.1) is 11.3 Å². The SMILES string of the molecule is Cc1ccccc1C(=O)Nc1ccc(C(=O)NNC(=S)NC(=O)c2sc3ccccc3c2Cl)cc1. The second-order valence-corrected chi connectivity index (χ2v) is 9.29. The molecule has 0 spiro atoms. The predicted octanol–water partition coefficient (Wildman–Crippen LogP) is 5.06. The second kappa shape index (κ2) is 10.6. The van der Waals surface area contributed by atoms with Gasteiger partial charge in [0.05, 0.1) is 5.02 Å². The molecule has 4 rings (SSSR count). The molecule has 0 bridgehead atoms. The Hall–Kier alpha value is -3.79. The molecule has 4 N–H and O–H groups in total. The molecule has 1 heterocycles. The summed E-state index contributed by atoms with van der Waals surface area (Å²) >= 11 is 12.7. The summed E-state index contributed by atoms with van der Waals surface area (Å²) in [5.41, 5.74) is 7.24. The number of halogens is 1. The smallest absolute Gasteiger partial charge is 0.269 e. The number of carbonyl (C=O) groups is 3. The molecule has 0 radical (unpaired) electrons. The third-order valence-corrected chi connectivity index (χ3v) is 6.93. The normalized spacial score (nSPS) is 10.5. The second-order valence-electron chi connectivity index (χ2n) is 7.45. The van der Waals surface area contributed by atoms with Gasteiger partial charge in [-0.1, -0.05) is 48.0 Å². The van der Waals surface area contributed by atoms with Gasteiger partial charge in [0.25, 0.3) is 17.7 Å².